The number of amides is 1. The van der Waals surface area contributed by atoms with Crippen LogP contribution in [0.2, 0.25) is 0 Å². The number of ether oxygens (including phenoxy) is 1. The Hall–Kier alpha value is -4.01. The van der Waals surface area contributed by atoms with Crippen molar-refractivity contribution in [3.8, 4) is 5.75 Å². The van der Waals surface area contributed by atoms with Gasteiger partial charge in [-0.25, -0.2) is 0 Å². The normalized spacial score (nSPS) is 11.6. The van der Waals surface area contributed by atoms with E-state index in [4.69, 9.17) is 9.15 Å². The van der Waals surface area contributed by atoms with E-state index in [1.165, 1.54) is 23.1 Å². The number of rotatable bonds is 8. The number of aromatic nitrogens is 2. The van der Waals surface area contributed by atoms with Crippen LogP contribution in [0.15, 0.2) is 71.4 Å². The van der Waals surface area contributed by atoms with E-state index < -0.39 is 17.6 Å². The Morgan fingerprint density at radius 3 is 2.69 bits per heavy atom. The molecule has 9 heteroatoms. The lowest BCUT2D eigenvalue weighted by atomic mass is 10.0. The Morgan fingerprint density at radius 2 is 1.94 bits per heavy atom. The Bertz CT molecular complexity index is 1360. The number of nitrogens with zero attached hydrogens (tertiary/aromatic N) is 2. The summed E-state index contributed by atoms with van der Waals surface area (Å²) in [4.78, 5) is 12.6. The van der Waals surface area contributed by atoms with E-state index in [9.17, 15) is 18.0 Å². The maximum atomic E-state index is 12.9. The first-order valence-corrected chi connectivity index (χ1v) is 11.4. The van der Waals surface area contributed by atoms with Gasteiger partial charge in [-0.2, -0.15) is 18.3 Å². The molecule has 0 aliphatic heterocycles. The quantitative estimate of drug-likeness (QED) is 0.290. The number of alkyl halides is 3. The third-order valence-electron chi connectivity index (χ3n) is 5.54. The third-order valence-corrected chi connectivity index (χ3v) is 5.54. The number of nitrogens with one attached hydrogen (secondary N) is 1. The zero-order chi connectivity index (χ0) is 25.9. The summed E-state index contributed by atoms with van der Waals surface area (Å²) in [6, 6.07) is 14.3. The summed E-state index contributed by atoms with van der Waals surface area (Å²) < 4.78 is 51.8. The van der Waals surface area contributed by atoms with Gasteiger partial charge in [0, 0.05) is 6.20 Å². The summed E-state index contributed by atoms with van der Waals surface area (Å²) >= 11 is 0. The maximum absolute atomic E-state index is 12.9. The standard InChI is InChI=1S/C27H26F3N3O3/c1-17(2)23-9-7-18(3)11-25(23)35-16-22-8-10-24(36-22)26(34)32-21-13-31-33(15-21)14-19-5-4-6-20(12-19)27(28,29)30/h4-13,15,17H,14,16H2,1-3H3,(H,32,34). The molecule has 0 spiro atoms. The van der Waals surface area contributed by atoms with Gasteiger partial charge in [0.1, 0.15) is 18.1 Å². The largest absolute Gasteiger partial charge is 0.485 e. The van der Waals surface area contributed by atoms with Crippen LogP contribution in [0.3, 0.4) is 0 Å². The topological polar surface area (TPSA) is 69.3 Å². The fraction of sp³-hybridized carbons (Fsp3) is 0.259. The summed E-state index contributed by atoms with van der Waals surface area (Å²) in [6.45, 7) is 6.47. The average Bonchev–Trinajstić information content (AvgIpc) is 3.47. The molecule has 188 valence electrons. The first-order chi connectivity index (χ1) is 17.1. The predicted molar refractivity (Wildman–Crippen MR) is 129 cm³/mol. The van der Waals surface area contributed by atoms with Crippen molar-refractivity contribution in [2.45, 2.75) is 46.0 Å². The molecule has 0 radical (unpaired) electrons. The summed E-state index contributed by atoms with van der Waals surface area (Å²) in [6.07, 6.45) is -1.46. The second-order valence-electron chi connectivity index (χ2n) is 8.83. The number of benzene rings is 2. The van der Waals surface area contributed by atoms with E-state index in [2.05, 4.69) is 24.3 Å². The minimum Gasteiger partial charge on any atom is -0.485 e. The van der Waals surface area contributed by atoms with Gasteiger partial charge in [0.25, 0.3) is 5.91 Å². The van der Waals surface area contributed by atoms with E-state index >= 15 is 0 Å². The predicted octanol–water partition coefficient (Wildman–Crippen LogP) is 6.81. The lowest BCUT2D eigenvalue weighted by molar-refractivity contribution is -0.137. The van der Waals surface area contributed by atoms with Crippen molar-refractivity contribution in [1.82, 2.24) is 9.78 Å². The number of hydrogen-bond acceptors (Lipinski definition) is 4. The molecule has 0 aliphatic rings. The highest BCUT2D eigenvalue weighted by Gasteiger charge is 2.30. The first-order valence-electron chi connectivity index (χ1n) is 11.4. The molecule has 0 aliphatic carbocycles. The highest BCUT2D eigenvalue weighted by molar-refractivity contribution is 6.02. The van der Waals surface area contributed by atoms with Crippen molar-refractivity contribution in [1.29, 1.82) is 0 Å². The van der Waals surface area contributed by atoms with E-state index in [0.29, 0.717) is 22.9 Å². The molecule has 4 rings (SSSR count). The van der Waals surface area contributed by atoms with Crippen LogP contribution in [0, 0.1) is 6.92 Å². The molecule has 0 saturated heterocycles. The smallest absolute Gasteiger partial charge is 0.416 e. The number of carbonyl (C=O) groups excluding carboxylic acids is 1. The van der Waals surface area contributed by atoms with Gasteiger partial charge in [-0.15, -0.1) is 0 Å². The molecule has 2 aromatic heterocycles. The van der Waals surface area contributed by atoms with Gasteiger partial charge in [0.2, 0.25) is 0 Å². The number of furan rings is 1. The van der Waals surface area contributed by atoms with Crippen LogP contribution in [0.25, 0.3) is 0 Å². The van der Waals surface area contributed by atoms with Crippen molar-refractivity contribution >= 4 is 11.6 Å². The first kappa shape index (κ1) is 25.1. The molecule has 4 aromatic rings. The van der Waals surface area contributed by atoms with Crippen molar-refractivity contribution in [3.05, 3.63) is 101 Å². The molecule has 6 nitrogen and oxygen atoms in total. The van der Waals surface area contributed by atoms with Crippen molar-refractivity contribution < 1.29 is 27.1 Å². The fourth-order valence-corrected chi connectivity index (χ4v) is 3.71. The average molecular weight is 498 g/mol. The third kappa shape index (κ3) is 6.16. The van der Waals surface area contributed by atoms with Crippen LogP contribution >= 0.6 is 0 Å². The Balaban J connectivity index is 1.36. The van der Waals surface area contributed by atoms with Crippen LogP contribution in [0.4, 0.5) is 18.9 Å². The molecule has 0 bridgehead atoms. The molecule has 0 atom stereocenters. The number of halogens is 3. The Morgan fingerprint density at radius 1 is 1.14 bits per heavy atom. The van der Waals surface area contributed by atoms with E-state index in [1.54, 1.807) is 18.2 Å². The zero-order valence-electron chi connectivity index (χ0n) is 20.1. The van der Waals surface area contributed by atoms with E-state index in [1.807, 2.05) is 25.1 Å². The number of anilines is 1. The zero-order valence-corrected chi connectivity index (χ0v) is 20.1. The van der Waals surface area contributed by atoms with Gasteiger partial charge in [-0.1, -0.05) is 38.1 Å². The minimum absolute atomic E-state index is 0.104. The van der Waals surface area contributed by atoms with Crippen molar-refractivity contribution in [3.63, 3.8) is 0 Å². The summed E-state index contributed by atoms with van der Waals surface area (Å²) in [7, 11) is 0. The number of carbonyl (C=O) groups is 1. The van der Waals surface area contributed by atoms with Gasteiger partial charge in [-0.05, 0) is 59.9 Å². The monoisotopic (exact) mass is 497 g/mol. The molecule has 0 saturated carbocycles. The van der Waals surface area contributed by atoms with E-state index in [-0.39, 0.29) is 18.9 Å². The highest BCUT2D eigenvalue weighted by atomic mass is 19.4. The van der Waals surface area contributed by atoms with Crippen molar-refractivity contribution in [2.24, 2.45) is 0 Å². The number of aryl methyl sites for hydroxylation is 1. The Kier molecular flexibility index (Phi) is 7.19. The lowest BCUT2D eigenvalue weighted by Gasteiger charge is -2.14. The van der Waals surface area contributed by atoms with Crippen LogP contribution < -0.4 is 10.1 Å². The Labute approximate surface area is 206 Å². The number of hydrogen-bond donors (Lipinski definition) is 1. The minimum atomic E-state index is -4.41. The molecule has 2 aromatic carbocycles. The van der Waals surface area contributed by atoms with Gasteiger partial charge in [0.05, 0.1) is 24.0 Å². The van der Waals surface area contributed by atoms with Gasteiger partial charge < -0.3 is 14.5 Å². The molecular weight excluding hydrogens is 471 g/mol. The molecule has 0 unspecified atom stereocenters. The van der Waals surface area contributed by atoms with Gasteiger partial charge >= 0.3 is 6.18 Å². The molecule has 1 amide bonds. The second kappa shape index (κ2) is 10.3. The van der Waals surface area contributed by atoms with Crippen molar-refractivity contribution in [2.75, 3.05) is 5.32 Å². The van der Waals surface area contributed by atoms with Crippen LogP contribution in [-0.2, 0) is 19.3 Å². The molecule has 36 heavy (non-hydrogen) atoms. The van der Waals surface area contributed by atoms with Gasteiger partial charge in [-0.3, -0.25) is 9.48 Å². The molecule has 1 N–H and O–H groups in total. The fourth-order valence-electron chi connectivity index (χ4n) is 3.71. The summed E-state index contributed by atoms with van der Waals surface area (Å²) in [5.74, 6) is 1.20. The summed E-state index contributed by atoms with van der Waals surface area (Å²) in [5.41, 5.74) is 2.29. The maximum Gasteiger partial charge on any atom is 0.416 e. The van der Waals surface area contributed by atoms with E-state index in [0.717, 1.165) is 29.0 Å². The van der Waals surface area contributed by atoms with Crippen LogP contribution in [0.5, 0.6) is 5.75 Å². The van der Waals surface area contributed by atoms with Gasteiger partial charge in [0.15, 0.2) is 5.76 Å². The SMILES string of the molecule is Cc1ccc(C(C)C)c(OCc2ccc(C(=O)Nc3cnn(Cc4cccc(C(F)(F)F)c4)c3)o2)c1. The van der Waals surface area contributed by atoms with Crippen LogP contribution in [-0.4, -0.2) is 15.7 Å². The molecular formula is C27H26F3N3O3. The second-order valence-corrected chi connectivity index (χ2v) is 8.83. The highest BCUT2D eigenvalue weighted by Crippen LogP contribution is 2.30. The summed E-state index contributed by atoms with van der Waals surface area (Å²) in [5, 5.41) is 6.80. The lowest BCUT2D eigenvalue weighted by Crippen LogP contribution is -2.10. The molecule has 2 heterocycles. The van der Waals surface area contributed by atoms with Crippen LogP contribution in [0.1, 0.15) is 58.3 Å². The molecule has 0 fully saturated rings.